The van der Waals surface area contributed by atoms with Gasteiger partial charge in [-0.3, -0.25) is 4.79 Å². The largest absolute Gasteiger partial charge is 0.588 e. The van der Waals surface area contributed by atoms with Gasteiger partial charge in [0.1, 0.15) is 5.69 Å². The first-order chi connectivity index (χ1) is 14.7. The van der Waals surface area contributed by atoms with Crippen molar-refractivity contribution in [2.45, 2.75) is 4.90 Å². The monoisotopic (exact) mass is 439 g/mol. The number of anilines is 3. The lowest BCUT2D eigenvalue weighted by molar-refractivity contribution is -0.111. The molecule has 0 aliphatic rings. The average Bonchev–Trinajstić information content (AvgIpc) is 2.74. The van der Waals surface area contributed by atoms with Crippen molar-refractivity contribution < 1.29 is 17.9 Å². The van der Waals surface area contributed by atoms with Crippen LogP contribution in [0.3, 0.4) is 0 Å². The molecule has 0 saturated heterocycles. The van der Waals surface area contributed by atoms with Crippen molar-refractivity contribution in [1.82, 2.24) is 0 Å². The van der Waals surface area contributed by atoms with Gasteiger partial charge in [-0.15, -0.1) is 0 Å². The minimum Gasteiger partial charge on any atom is -0.588 e. The molecule has 3 rings (SSSR count). The molecule has 160 valence electrons. The topological polar surface area (TPSA) is 84.5 Å². The first-order valence-electron chi connectivity index (χ1n) is 9.38. The van der Waals surface area contributed by atoms with Crippen LogP contribution in [0.5, 0.6) is 0 Å². The first kappa shape index (κ1) is 22.2. The van der Waals surface area contributed by atoms with E-state index in [4.69, 9.17) is 0 Å². The summed E-state index contributed by atoms with van der Waals surface area (Å²) in [7, 11) is -0.138. The fraction of sp³-hybridized carbons (Fsp3) is 0.0870. The van der Waals surface area contributed by atoms with E-state index in [0.29, 0.717) is 5.69 Å². The minimum atomic E-state index is -4.02. The van der Waals surface area contributed by atoms with E-state index in [0.717, 1.165) is 17.3 Å². The number of halogens is 1. The number of carbonyl (C=O) groups is 1. The lowest BCUT2D eigenvalue weighted by Gasteiger charge is -2.17. The van der Waals surface area contributed by atoms with Gasteiger partial charge in [-0.2, -0.15) is 4.72 Å². The highest BCUT2D eigenvalue weighted by molar-refractivity contribution is 7.99. The van der Waals surface area contributed by atoms with Crippen molar-refractivity contribution in [2.75, 3.05) is 29.0 Å². The van der Waals surface area contributed by atoms with Gasteiger partial charge in [0.2, 0.25) is 5.91 Å². The molecular formula is C23H22FN3O3S. The summed E-state index contributed by atoms with van der Waals surface area (Å²) in [6.07, 6.45) is 3.03. The summed E-state index contributed by atoms with van der Waals surface area (Å²) in [6.45, 7) is 0. The quantitative estimate of drug-likeness (QED) is 0.418. The van der Waals surface area contributed by atoms with Crippen LogP contribution < -0.4 is 14.9 Å². The zero-order valence-electron chi connectivity index (χ0n) is 17.0. The number of carbonyl (C=O) groups excluding carboxylic acids is 1. The van der Waals surface area contributed by atoms with Gasteiger partial charge in [0.05, 0.1) is 0 Å². The molecule has 0 heterocycles. The van der Waals surface area contributed by atoms with E-state index < -0.39 is 22.1 Å². The molecule has 6 nitrogen and oxygen atoms in total. The van der Waals surface area contributed by atoms with Crippen LogP contribution in [0.25, 0.3) is 6.08 Å². The van der Waals surface area contributed by atoms with Crippen LogP contribution >= 0.6 is 0 Å². The molecular weight excluding hydrogens is 417 g/mol. The number of nitrogens with zero attached hydrogens (tertiary/aromatic N) is 1. The Morgan fingerprint density at radius 3 is 2.42 bits per heavy atom. The molecule has 0 aliphatic carbocycles. The van der Waals surface area contributed by atoms with E-state index in [9.17, 15) is 17.9 Å². The van der Waals surface area contributed by atoms with Gasteiger partial charge in [-0.05, 0) is 48.0 Å². The third kappa shape index (κ3) is 6.00. The van der Waals surface area contributed by atoms with E-state index in [1.165, 1.54) is 42.5 Å². The van der Waals surface area contributed by atoms with Crippen LogP contribution in [-0.4, -0.2) is 24.6 Å². The molecule has 1 amide bonds. The lowest BCUT2D eigenvalue weighted by Crippen LogP contribution is -2.22. The molecule has 1 atom stereocenters. The van der Waals surface area contributed by atoms with E-state index in [2.05, 4.69) is 10.0 Å². The van der Waals surface area contributed by atoms with Crippen LogP contribution in [0.2, 0.25) is 0 Å². The summed E-state index contributed by atoms with van der Waals surface area (Å²) in [5.74, 6) is -1.09. The number of para-hydroxylation sites is 1. The lowest BCUT2D eigenvalue weighted by atomic mass is 10.2. The Labute approximate surface area is 181 Å². The Hall–Kier alpha value is -3.49. The number of benzene rings is 3. The molecule has 0 fully saturated rings. The second-order valence-electron chi connectivity index (χ2n) is 6.92. The van der Waals surface area contributed by atoms with Gasteiger partial charge in [0, 0.05) is 37.6 Å². The van der Waals surface area contributed by atoms with Crippen molar-refractivity contribution in [1.29, 1.82) is 0 Å². The molecule has 0 aromatic heterocycles. The van der Waals surface area contributed by atoms with Crippen molar-refractivity contribution in [3.63, 3.8) is 0 Å². The van der Waals surface area contributed by atoms with Crippen molar-refractivity contribution in [2.24, 2.45) is 0 Å². The average molecular weight is 440 g/mol. The second kappa shape index (κ2) is 9.55. The Morgan fingerprint density at radius 1 is 1.03 bits per heavy atom. The molecule has 0 spiro atoms. The second-order valence-corrected chi connectivity index (χ2v) is 8.60. The fourth-order valence-corrected chi connectivity index (χ4v) is 3.84. The number of hydrogen-bond acceptors (Lipinski definition) is 4. The third-order valence-corrected chi connectivity index (χ3v) is 5.73. The zero-order chi connectivity index (χ0) is 22.4. The molecule has 3 aromatic carbocycles. The highest BCUT2D eigenvalue weighted by atomic mass is 32.3. The van der Waals surface area contributed by atoms with Gasteiger partial charge >= 0.3 is 0 Å². The van der Waals surface area contributed by atoms with Crippen LogP contribution in [0.1, 0.15) is 5.56 Å². The molecule has 0 radical (unpaired) electrons. The molecule has 31 heavy (non-hydrogen) atoms. The van der Waals surface area contributed by atoms with Gasteiger partial charge in [-0.25, -0.2) is 4.39 Å². The van der Waals surface area contributed by atoms with Gasteiger partial charge < -0.3 is 14.8 Å². The van der Waals surface area contributed by atoms with Crippen molar-refractivity contribution in [3.05, 3.63) is 90.3 Å². The van der Waals surface area contributed by atoms with E-state index in [1.54, 1.807) is 12.1 Å². The van der Waals surface area contributed by atoms with Crippen molar-refractivity contribution in [3.8, 4) is 0 Å². The van der Waals surface area contributed by atoms with Crippen LogP contribution in [0, 0.1) is 5.82 Å². The summed E-state index contributed by atoms with van der Waals surface area (Å²) >= 11 is 0. The predicted octanol–water partition coefficient (Wildman–Crippen LogP) is 4.56. The SMILES string of the molecule is CN(C)c1ccc(/C=C/C(=O)Nc2cccc([S+](=O)([O-])Nc3ccccc3F)c2)cc1. The number of amides is 1. The van der Waals surface area contributed by atoms with E-state index in [-0.39, 0.29) is 10.6 Å². The number of nitrogens with one attached hydrogen (secondary N) is 2. The molecule has 0 aliphatic heterocycles. The van der Waals surface area contributed by atoms with E-state index >= 15 is 0 Å². The summed E-state index contributed by atoms with van der Waals surface area (Å²) < 4.78 is 41.1. The maximum absolute atomic E-state index is 13.8. The number of hydrogen-bond donors (Lipinski definition) is 2. The first-order valence-corrected chi connectivity index (χ1v) is 10.9. The third-order valence-electron chi connectivity index (χ3n) is 4.37. The van der Waals surface area contributed by atoms with Crippen LogP contribution in [0.4, 0.5) is 21.5 Å². The molecule has 0 saturated carbocycles. The van der Waals surface area contributed by atoms with Gasteiger partial charge in [-0.1, -0.05) is 34.5 Å². The maximum atomic E-state index is 13.8. The molecule has 1 unspecified atom stereocenters. The van der Waals surface area contributed by atoms with Gasteiger partial charge in [0.15, 0.2) is 21.1 Å². The Morgan fingerprint density at radius 2 is 1.74 bits per heavy atom. The van der Waals surface area contributed by atoms with Crippen LogP contribution in [0.15, 0.2) is 83.8 Å². The zero-order valence-corrected chi connectivity index (χ0v) is 17.9. The summed E-state index contributed by atoms with van der Waals surface area (Å²) in [5, 5.41) is 2.63. The highest BCUT2D eigenvalue weighted by Gasteiger charge is 2.22. The number of rotatable bonds is 7. The minimum absolute atomic E-state index is 0.100. The Balaban J connectivity index is 1.69. The maximum Gasteiger partial charge on any atom is 0.248 e. The molecule has 2 N–H and O–H groups in total. The van der Waals surface area contributed by atoms with Crippen LogP contribution in [-0.2, 0) is 19.4 Å². The molecule has 8 heteroatoms. The number of sulfonamides is 1. The predicted molar refractivity (Wildman–Crippen MR) is 122 cm³/mol. The normalized spacial score (nSPS) is 12.9. The van der Waals surface area contributed by atoms with E-state index in [1.807, 2.05) is 43.3 Å². The Kier molecular flexibility index (Phi) is 6.84. The molecule has 0 bridgehead atoms. The standard InChI is InChI=1S/C23H22FN3O3S/c1-27(2)19-13-10-17(11-14-19)12-15-23(28)25-18-6-5-7-20(16-18)31(29,30)26-22-9-4-3-8-21(22)24/h3-16H,1-2H3,(H2-,25,26,28,29,30)/b15-12+. The highest BCUT2D eigenvalue weighted by Crippen LogP contribution is 2.24. The summed E-state index contributed by atoms with van der Waals surface area (Å²) in [4.78, 5) is 14.1. The van der Waals surface area contributed by atoms with Gasteiger partial charge in [0.25, 0.3) is 0 Å². The van der Waals surface area contributed by atoms with Crippen molar-refractivity contribution >= 4 is 39.4 Å². The molecule has 3 aromatic rings. The smallest absolute Gasteiger partial charge is 0.248 e. The Bertz CT molecular complexity index is 1150. The summed E-state index contributed by atoms with van der Waals surface area (Å²) in [5.41, 5.74) is 2.05. The summed E-state index contributed by atoms with van der Waals surface area (Å²) in [6, 6.07) is 18.9. The fourth-order valence-electron chi connectivity index (χ4n) is 2.73.